The Balaban J connectivity index is 0.00000484. The van der Waals surface area contributed by atoms with Crippen molar-refractivity contribution >= 4 is 24.2 Å². The van der Waals surface area contributed by atoms with Crippen LogP contribution in [0.4, 0.5) is 0 Å². The summed E-state index contributed by atoms with van der Waals surface area (Å²) in [4.78, 5) is 26.1. The molecular formula is C17H34ClN3O2. The van der Waals surface area contributed by atoms with Crippen molar-refractivity contribution in [2.45, 2.75) is 52.9 Å². The molecule has 0 aliphatic carbocycles. The van der Waals surface area contributed by atoms with Crippen molar-refractivity contribution in [3.8, 4) is 0 Å². The fourth-order valence-corrected chi connectivity index (χ4v) is 2.99. The highest BCUT2D eigenvalue weighted by atomic mass is 35.5. The van der Waals surface area contributed by atoms with Gasteiger partial charge in [0.05, 0.1) is 6.54 Å². The Morgan fingerprint density at radius 1 is 1.30 bits per heavy atom. The summed E-state index contributed by atoms with van der Waals surface area (Å²) >= 11 is 0. The molecule has 0 radical (unpaired) electrons. The fraction of sp³-hybridized carbons (Fsp3) is 0.882. The fourth-order valence-electron chi connectivity index (χ4n) is 2.99. The molecule has 1 heterocycles. The second-order valence-corrected chi connectivity index (χ2v) is 6.45. The summed E-state index contributed by atoms with van der Waals surface area (Å²) in [6.45, 7) is 9.87. The van der Waals surface area contributed by atoms with Crippen LogP contribution in [0.5, 0.6) is 0 Å². The summed E-state index contributed by atoms with van der Waals surface area (Å²) in [5, 5.41) is 6.26. The highest BCUT2D eigenvalue weighted by Crippen LogP contribution is 2.23. The van der Waals surface area contributed by atoms with Gasteiger partial charge >= 0.3 is 0 Å². The van der Waals surface area contributed by atoms with E-state index in [4.69, 9.17) is 0 Å². The van der Waals surface area contributed by atoms with Crippen molar-refractivity contribution in [1.82, 2.24) is 15.5 Å². The molecule has 0 bridgehead atoms. The molecule has 1 fully saturated rings. The van der Waals surface area contributed by atoms with Crippen LogP contribution in [0.25, 0.3) is 0 Å². The molecule has 5 nitrogen and oxygen atoms in total. The van der Waals surface area contributed by atoms with Gasteiger partial charge in [0, 0.05) is 19.5 Å². The highest BCUT2D eigenvalue weighted by Gasteiger charge is 2.24. The van der Waals surface area contributed by atoms with Crippen LogP contribution in [-0.4, -0.2) is 49.4 Å². The third-order valence-corrected chi connectivity index (χ3v) is 4.39. The SMILES string of the molecule is CCCNC(=O)CN(CCC)C(=O)CC(C)C1CCCNC1.Cl. The van der Waals surface area contributed by atoms with Crippen LogP contribution in [0.15, 0.2) is 0 Å². The first-order valence-electron chi connectivity index (χ1n) is 8.83. The van der Waals surface area contributed by atoms with Gasteiger partial charge in [0.25, 0.3) is 0 Å². The average Bonchev–Trinajstić information content (AvgIpc) is 2.53. The van der Waals surface area contributed by atoms with Crippen molar-refractivity contribution in [1.29, 1.82) is 0 Å². The van der Waals surface area contributed by atoms with Crippen LogP contribution in [0.3, 0.4) is 0 Å². The number of amides is 2. The van der Waals surface area contributed by atoms with E-state index in [1.807, 2.05) is 13.8 Å². The smallest absolute Gasteiger partial charge is 0.239 e. The molecule has 1 aliphatic heterocycles. The van der Waals surface area contributed by atoms with E-state index in [0.29, 0.717) is 31.3 Å². The normalized spacial score (nSPS) is 18.7. The van der Waals surface area contributed by atoms with Gasteiger partial charge < -0.3 is 15.5 Å². The molecule has 1 aliphatic rings. The molecule has 136 valence electrons. The quantitative estimate of drug-likeness (QED) is 0.672. The summed E-state index contributed by atoms with van der Waals surface area (Å²) in [5.41, 5.74) is 0. The number of rotatable bonds is 9. The number of hydrogen-bond acceptors (Lipinski definition) is 3. The van der Waals surface area contributed by atoms with E-state index in [9.17, 15) is 9.59 Å². The Hall–Kier alpha value is -0.810. The third kappa shape index (κ3) is 8.56. The van der Waals surface area contributed by atoms with Crippen LogP contribution in [0.1, 0.15) is 52.9 Å². The number of halogens is 1. The highest BCUT2D eigenvalue weighted by molar-refractivity contribution is 5.85. The first-order valence-corrected chi connectivity index (χ1v) is 8.83. The average molecular weight is 348 g/mol. The van der Waals surface area contributed by atoms with E-state index in [1.54, 1.807) is 4.90 Å². The number of carbonyl (C=O) groups is 2. The zero-order chi connectivity index (χ0) is 16.4. The minimum Gasteiger partial charge on any atom is -0.355 e. The van der Waals surface area contributed by atoms with E-state index in [0.717, 1.165) is 25.9 Å². The molecule has 1 saturated heterocycles. The van der Waals surface area contributed by atoms with E-state index in [2.05, 4.69) is 17.6 Å². The number of carbonyl (C=O) groups excluding carboxylic acids is 2. The van der Waals surface area contributed by atoms with E-state index in [-0.39, 0.29) is 30.8 Å². The van der Waals surface area contributed by atoms with Crippen LogP contribution in [0, 0.1) is 11.8 Å². The van der Waals surface area contributed by atoms with Crippen LogP contribution < -0.4 is 10.6 Å². The summed E-state index contributed by atoms with van der Waals surface area (Å²) < 4.78 is 0. The van der Waals surface area contributed by atoms with Gasteiger partial charge in [0.15, 0.2) is 0 Å². The third-order valence-electron chi connectivity index (χ3n) is 4.39. The van der Waals surface area contributed by atoms with Crippen molar-refractivity contribution < 1.29 is 9.59 Å². The molecule has 0 aromatic carbocycles. The lowest BCUT2D eigenvalue weighted by Crippen LogP contribution is -2.42. The Labute approximate surface area is 147 Å². The first kappa shape index (κ1) is 22.2. The maximum atomic E-state index is 12.5. The summed E-state index contributed by atoms with van der Waals surface area (Å²) in [5.74, 6) is 1.02. The Morgan fingerprint density at radius 2 is 2.04 bits per heavy atom. The molecule has 0 aromatic rings. The van der Waals surface area contributed by atoms with E-state index in [1.165, 1.54) is 12.8 Å². The maximum Gasteiger partial charge on any atom is 0.239 e. The molecule has 6 heteroatoms. The van der Waals surface area contributed by atoms with Gasteiger partial charge in [-0.2, -0.15) is 0 Å². The van der Waals surface area contributed by atoms with Gasteiger partial charge in [0.2, 0.25) is 11.8 Å². The number of nitrogens with zero attached hydrogens (tertiary/aromatic N) is 1. The standard InChI is InChI=1S/C17H33N3O2.ClH/c1-4-8-19-16(21)13-20(10-5-2)17(22)11-14(3)15-7-6-9-18-12-15;/h14-15,18H,4-13H2,1-3H3,(H,19,21);1H. The maximum absolute atomic E-state index is 12.5. The van der Waals surface area contributed by atoms with Crippen LogP contribution in [-0.2, 0) is 9.59 Å². The van der Waals surface area contributed by atoms with Crippen molar-refractivity contribution in [3.05, 3.63) is 0 Å². The predicted molar refractivity (Wildman–Crippen MR) is 96.8 cm³/mol. The number of hydrogen-bond donors (Lipinski definition) is 2. The van der Waals surface area contributed by atoms with E-state index >= 15 is 0 Å². The van der Waals surface area contributed by atoms with Crippen molar-refractivity contribution in [2.75, 3.05) is 32.7 Å². The Kier molecular flexibility index (Phi) is 12.1. The predicted octanol–water partition coefficient (Wildman–Crippen LogP) is 2.20. The summed E-state index contributed by atoms with van der Waals surface area (Å²) in [6.07, 6.45) is 4.74. The van der Waals surface area contributed by atoms with Gasteiger partial charge in [0.1, 0.15) is 0 Å². The lowest BCUT2D eigenvalue weighted by Gasteiger charge is -2.30. The lowest BCUT2D eigenvalue weighted by atomic mass is 9.85. The van der Waals surface area contributed by atoms with Crippen LogP contribution in [0.2, 0.25) is 0 Å². The monoisotopic (exact) mass is 347 g/mol. The number of nitrogens with one attached hydrogen (secondary N) is 2. The summed E-state index contributed by atoms with van der Waals surface area (Å²) in [6, 6.07) is 0. The Bertz CT molecular complexity index is 347. The number of piperidine rings is 1. The van der Waals surface area contributed by atoms with Crippen LogP contribution >= 0.6 is 12.4 Å². The molecule has 23 heavy (non-hydrogen) atoms. The first-order chi connectivity index (χ1) is 10.6. The second kappa shape index (κ2) is 12.6. The minimum atomic E-state index is -0.0457. The molecule has 2 N–H and O–H groups in total. The van der Waals surface area contributed by atoms with Gasteiger partial charge in [-0.25, -0.2) is 0 Å². The van der Waals surface area contributed by atoms with Gasteiger partial charge in [-0.05, 0) is 50.6 Å². The van der Waals surface area contributed by atoms with Gasteiger partial charge in [-0.1, -0.05) is 20.8 Å². The van der Waals surface area contributed by atoms with Crippen molar-refractivity contribution in [2.24, 2.45) is 11.8 Å². The summed E-state index contributed by atoms with van der Waals surface area (Å²) in [7, 11) is 0. The molecule has 1 rings (SSSR count). The van der Waals surface area contributed by atoms with Gasteiger partial charge in [-0.3, -0.25) is 9.59 Å². The molecule has 2 amide bonds. The van der Waals surface area contributed by atoms with Crippen molar-refractivity contribution in [3.63, 3.8) is 0 Å². The molecule has 2 atom stereocenters. The molecule has 0 aromatic heterocycles. The Morgan fingerprint density at radius 3 is 2.61 bits per heavy atom. The van der Waals surface area contributed by atoms with E-state index < -0.39 is 0 Å². The minimum absolute atomic E-state index is 0. The lowest BCUT2D eigenvalue weighted by molar-refractivity contribution is -0.137. The topological polar surface area (TPSA) is 61.4 Å². The second-order valence-electron chi connectivity index (χ2n) is 6.45. The molecule has 0 saturated carbocycles. The van der Waals surface area contributed by atoms with Gasteiger partial charge in [-0.15, -0.1) is 12.4 Å². The molecule has 0 spiro atoms. The molecule has 2 unspecified atom stereocenters. The zero-order valence-electron chi connectivity index (χ0n) is 14.9. The zero-order valence-corrected chi connectivity index (χ0v) is 15.7. The largest absolute Gasteiger partial charge is 0.355 e. The molecular weight excluding hydrogens is 314 g/mol.